The van der Waals surface area contributed by atoms with Gasteiger partial charge in [-0.3, -0.25) is 0 Å². The zero-order chi connectivity index (χ0) is 14.1. The molecule has 1 saturated carbocycles. The van der Waals surface area contributed by atoms with Crippen LogP contribution in [0.5, 0.6) is 0 Å². The summed E-state index contributed by atoms with van der Waals surface area (Å²) in [5.74, 6) is 0.830. The summed E-state index contributed by atoms with van der Waals surface area (Å²) in [4.78, 5) is 13.5. The van der Waals surface area contributed by atoms with Crippen molar-refractivity contribution in [1.29, 1.82) is 0 Å². The van der Waals surface area contributed by atoms with E-state index in [0.717, 1.165) is 35.1 Å². The first-order valence-corrected chi connectivity index (χ1v) is 8.21. The first kappa shape index (κ1) is 13.9. The average Bonchev–Trinajstić information content (AvgIpc) is 2.46. The predicted octanol–water partition coefficient (Wildman–Crippen LogP) is 4.16. The summed E-state index contributed by atoms with van der Waals surface area (Å²) in [7, 11) is 0. The van der Waals surface area contributed by atoms with Gasteiger partial charge in [-0.15, -0.1) is 0 Å². The molecule has 0 bridgehead atoms. The van der Waals surface area contributed by atoms with Crippen LogP contribution in [0.15, 0.2) is 22.7 Å². The van der Waals surface area contributed by atoms with E-state index in [1.54, 1.807) is 12.1 Å². The topological polar surface area (TPSA) is 40.5 Å². The molecule has 1 aliphatic heterocycles. The zero-order valence-electron chi connectivity index (χ0n) is 11.5. The summed E-state index contributed by atoms with van der Waals surface area (Å²) in [5, 5.41) is 9.18. The van der Waals surface area contributed by atoms with Gasteiger partial charge in [0, 0.05) is 23.2 Å². The van der Waals surface area contributed by atoms with Crippen LogP contribution in [-0.2, 0) is 0 Å². The van der Waals surface area contributed by atoms with Crippen molar-refractivity contribution in [3.8, 4) is 0 Å². The quantitative estimate of drug-likeness (QED) is 0.880. The first-order valence-electron chi connectivity index (χ1n) is 7.42. The number of piperidine rings is 1. The van der Waals surface area contributed by atoms with E-state index in [1.807, 2.05) is 6.07 Å². The van der Waals surface area contributed by atoms with Gasteiger partial charge >= 0.3 is 5.97 Å². The molecule has 2 atom stereocenters. The Balaban J connectivity index is 1.80. The van der Waals surface area contributed by atoms with E-state index in [-0.39, 0.29) is 0 Å². The van der Waals surface area contributed by atoms with Crippen LogP contribution in [0.2, 0.25) is 0 Å². The van der Waals surface area contributed by atoms with E-state index in [0.29, 0.717) is 5.56 Å². The van der Waals surface area contributed by atoms with Crippen LogP contribution in [0.3, 0.4) is 0 Å². The fourth-order valence-corrected chi connectivity index (χ4v) is 4.20. The van der Waals surface area contributed by atoms with Crippen molar-refractivity contribution in [3.05, 3.63) is 28.2 Å². The molecule has 4 heteroatoms. The average molecular weight is 338 g/mol. The maximum atomic E-state index is 11.2. The molecule has 0 spiro atoms. The number of hydrogen-bond donors (Lipinski definition) is 1. The molecular weight excluding hydrogens is 318 g/mol. The van der Waals surface area contributed by atoms with Crippen molar-refractivity contribution in [2.75, 3.05) is 18.0 Å². The molecule has 1 aliphatic carbocycles. The number of carboxylic acid groups (broad SMARTS) is 1. The number of benzene rings is 1. The Morgan fingerprint density at radius 2 is 1.90 bits per heavy atom. The van der Waals surface area contributed by atoms with E-state index in [2.05, 4.69) is 20.8 Å². The van der Waals surface area contributed by atoms with Gasteiger partial charge in [-0.2, -0.15) is 0 Å². The van der Waals surface area contributed by atoms with Gasteiger partial charge in [-0.1, -0.05) is 35.2 Å². The number of nitrogens with zero attached hydrogens (tertiary/aromatic N) is 1. The highest BCUT2D eigenvalue weighted by Crippen LogP contribution is 2.38. The number of hydrogen-bond acceptors (Lipinski definition) is 2. The van der Waals surface area contributed by atoms with Gasteiger partial charge in [0.1, 0.15) is 0 Å². The first-order chi connectivity index (χ1) is 9.63. The van der Waals surface area contributed by atoms with Crippen LogP contribution >= 0.6 is 15.9 Å². The van der Waals surface area contributed by atoms with E-state index in [4.69, 9.17) is 0 Å². The van der Waals surface area contributed by atoms with Crippen molar-refractivity contribution < 1.29 is 9.90 Å². The summed E-state index contributed by atoms with van der Waals surface area (Å²) in [6.07, 6.45) is 6.72. The maximum absolute atomic E-state index is 11.2. The summed E-state index contributed by atoms with van der Waals surface area (Å²) in [6, 6.07) is 5.50. The lowest BCUT2D eigenvalue weighted by Crippen LogP contribution is -2.41. The lowest BCUT2D eigenvalue weighted by atomic mass is 9.75. The molecule has 2 unspecified atom stereocenters. The van der Waals surface area contributed by atoms with E-state index < -0.39 is 5.97 Å². The number of rotatable bonds is 2. The van der Waals surface area contributed by atoms with Crippen molar-refractivity contribution in [3.63, 3.8) is 0 Å². The Labute approximate surface area is 128 Å². The number of fused-ring (bicyclic) bond motifs is 1. The van der Waals surface area contributed by atoms with Gasteiger partial charge < -0.3 is 10.0 Å². The lowest BCUT2D eigenvalue weighted by molar-refractivity contribution is 0.0697. The number of carboxylic acids is 1. The molecule has 3 nitrogen and oxygen atoms in total. The molecule has 2 fully saturated rings. The van der Waals surface area contributed by atoms with Crippen molar-refractivity contribution in [2.24, 2.45) is 11.8 Å². The molecule has 1 saturated heterocycles. The Morgan fingerprint density at radius 3 is 2.65 bits per heavy atom. The zero-order valence-corrected chi connectivity index (χ0v) is 13.1. The fourth-order valence-electron chi connectivity index (χ4n) is 3.72. The normalized spacial score (nSPS) is 26.1. The summed E-state index contributed by atoms with van der Waals surface area (Å²) in [5.41, 5.74) is 1.40. The van der Waals surface area contributed by atoms with Crippen molar-refractivity contribution >= 4 is 27.6 Å². The molecule has 0 amide bonds. The number of halogens is 1. The van der Waals surface area contributed by atoms with Crippen LogP contribution in [0.4, 0.5) is 5.69 Å². The highest BCUT2D eigenvalue weighted by molar-refractivity contribution is 9.10. The third-order valence-corrected chi connectivity index (χ3v) is 5.24. The van der Waals surface area contributed by atoms with Crippen molar-refractivity contribution in [2.45, 2.75) is 32.1 Å². The largest absolute Gasteiger partial charge is 0.478 e. The van der Waals surface area contributed by atoms with Crippen LogP contribution in [0.1, 0.15) is 42.5 Å². The van der Waals surface area contributed by atoms with E-state index >= 15 is 0 Å². The third kappa shape index (κ3) is 2.85. The maximum Gasteiger partial charge on any atom is 0.335 e. The summed E-state index contributed by atoms with van der Waals surface area (Å²) < 4.78 is 0.846. The number of anilines is 1. The van der Waals surface area contributed by atoms with Crippen LogP contribution < -0.4 is 4.90 Å². The molecule has 2 aliphatic rings. The third-order valence-electron chi connectivity index (χ3n) is 4.79. The minimum Gasteiger partial charge on any atom is -0.478 e. The molecule has 108 valence electrons. The van der Waals surface area contributed by atoms with E-state index in [9.17, 15) is 9.90 Å². The highest BCUT2D eigenvalue weighted by atomic mass is 79.9. The van der Waals surface area contributed by atoms with Gasteiger partial charge in [0.25, 0.3) is 0 Å². The number of carbonyl (C=O) groups is 1. The number of aromatic carboxylic acids is 1. The lowest BCUT2D eigenvalue weighted by Gasteiger charge is -2.42. The summed E-state index contributed by atoms with van der Waals surface area (Å²) in [6.45, 7) is 2.14. The van der Waals surface area contributed by atoms with Crippen molar-refractivity contribution in [1.82, 2.24) is 0 Å². The highest BCUT2D eigenvalue weighted by Gasteiger charge is 2.31. The standard InChI is InChI=1S/C16H20BrNO2/c17-14-7-13(16(19)20)8-15(9-14)18-6-5-11-3-1-2-4-12(11)10-18/h7-9,11-12H,1-6,10H2,(H,19,20). The minimum atomic E-state index is -0.861. The van der Waals surface area contributed by atoms with Gasteiger partial charge in [0.05, 0.1) is 5.56 Å². The second kappa shape index (κ2) is 5.76. The molecular formula is C16H20BrNO2. The van der Waals surface area contributed by atoms with Crippen LogP contribution in [0, 0.1) is 11.8 Å². The molecule has 20 heavy (non-hydrogen) atoms. The van der Waals surface area contributed by atoms with Crippen LogP contribution in [-0.4, -0.2) is 24.2 Å². The molecule has 1 N–H and O–H groups in total. The second-order valence-electron chi connectivity index (χ2n) is 6.04. The molecule has 1 aromatic carbocycles. The molecule has 0 aromatic heterocycles. The monoisotopic (exact) mass is 337 g/mol. The van der Waals surface area contributed by atoms with E-state index in [1.165, 1.54) is 32.1 Å². The Morgan fingerprint density at radius 1 is 1.15 bits per heavy atom. The van der Waals surface area contributed by atoms with Gasteiger partial charge in [-0.05, 0) is 42.9 Å². The minimum absolute atomic E-state index is 0.361. The van der Waals surface area contributed by atoms with Crippen LogP contribution in [0.25, 0.3) is 0 Å². The molecule has 0 radical (unpaired) electrons. The smallest absolute Gasteiger partial charge is 0.335 e. The van der Waals surface area contributed by atoms with Gasteiger partial charge in [0.15, 0.2) is 0 Å². The summed E-state index contributed by atoms with van der Waals surface area (Å²) >= 11 is 3.43. The molecule has 3 rings (SSSR count). The van der Waals surface area contributed by atoms with Gasteiger partial charge in [0.2, 0.25) is 0 Å². The predicted molar refractivity (Wildman–Crippen MR) is 83.4 cm³/mol. The Hall–Kier alpha value is -1.03. The molecule has 1 aromatic rings. The second-order valence-corrected chi connectivity index (χ2v) is 6.96. The molecule has 1 heterocycles. The Bertz CT molecular complexity index is 517. The fraction of sp³-hybridized carbons (Fsp3) is 0.562. The van der Waals surface area contributed by atoms with Gasteiger partial charge in [-0.25, -0.2) is 4.79 Å². The SMILES string of the molecule is O=C(O)c1cc(Br)cc(N2CCC3CCCCC3C2)c1. The Kier molecular flexibility index (Phi) is 4.01.